The van der Waals surface area contributed by atoms with Gasteiger partial charge in [0.25, 0.3) is 5.56 Å². The largest absolute Gasteiger partial charge is 0.497 e. The lowest BCUT2D eigenvalue weighted by Gasteiger charge is -2.13. The Labute approximate surface area is 169 Å². The normalized spacial score (nSPS) is 12.0. The summed E-state index contributed by atoms with van der Waals surface area (Å²) in [6.07, 6.45) is -3.98. The molecule has 1 heterocycles. The Balaban J connectivity index is 2.51. The van der Waals surface area contributed by atoms with Crippen molar-refractivity contribution in [2.24, 2.45) is 0 Å². The summed E-state index contributed by atoms with van der Waals surface area (Å²) in [7, 11) is 1.24. The number of aromatic amines is 1. The van der Waals surface area contributed by atoms with Crippen LogP contribution in [0.4, 0.5) is 17.6 Å². The number of nitrogens with one attached hydrogen (secondary N) is 1. The van der Waals surface area contributed by atoms with Gasteiger partial charge in [-0.15, -0.1) is 12.6 Å². The second kappa shape index (κ2) is 8.74. The third-order valence-electron chi connectivity index (χ3n) is 3.40. The summed E-state index contributed by atoms with van der Waals surface area (Å²) in [5.41, 5.74) is -5.22. The fourth-order valence-electron chi connectivity index (χ4n) is 2.12. The van der Waals surface area contributed by atoms with Crippen molar-refractivity contribution in [2.75, 3.05) is 13.7 Å². The molecule has 1 aromatic heterocycles. The minimum Gasteiger partial charge on any atom is -0.497 e. The fraction of sp³-hybridized carbons (Fsp3) is 0.188. The molecule has 0 bridgehead atoms. The van der Waals surface area contributed by atoms with E-state index in [0.717, 1.165) is 12.1 Å². The van der Waals surface area contributed by atoms with E-state index in [2.05, 4.69) is 12.6 Å². The lowest BCUT2D eigenvalue weighted by Crippen LogP contribution is -2.36. The summed E-state index contributed by atoms with van der Waals surface area (Å²) in [4.78, 5) is 36.4. The maximum Gasteiger partial charge on any atom is 0.431 e. The minimum atomic E-state index is -4.97. The van der Waals surface area contributed by atoms with E-state index in [1.54, 1.807) is 0 Å². The van der Waals surface area contributed by atoms with Crippen LogP contribution in [-0.4, -0.2) is 28.4 Å². The maximum absolute atomic E-state index is 14.3. The van der Waals surface area contributed by atoms with Crippen molar-refractivity contribution in [1.82, 2.24) is 9.55 Å². The van der Waals surface area contributed by atoms with Gasteiger partial charge in [0, 0.05) is 18.2 Å². The van der Waals surface area contributed by atoms with E-state index in [1.807, 2.05) is 0 Å². The molecule has 0 aliphatic rings. The van der Waals surface area contributed by atoms with Crippen LogP contribution in [0, 0.1) is 5.82 Å². The standard InChI is InChI=1S/C16H11ClF4N2O5S/c1-27-7(2-14(25)29)6-28-11-4-10(9(18)3-8(11)17)23-13(24)5-12(16(19,20)21)22-15(23)26/h2-5H,6H2,1H3,(H,22,26)(H,25,29)/b7-2-. The molecular formula is C16H11ClF4N2O5S. The SMILES string of the molecule is CO/C(=C\C(=O)S)COc1cc(-n2c(=O)cc(C(F)(F)F)[nH]c2=O)c(F)cc1Cl. The second-order valence-electron chi connectivity index (χ2n) is 5.34. The number of aromatic nitrogens is 2. The van der Waals surface area contributed by atoms with E-state index in [1.165, 1.54) is 12.1 Å². The lowest BCUT2D eigenvalue weighted by atomic mass is 10.2. The Morgan fingerprint density at radius 3 is 2.48 bits per heavy atom. The van der Waals surface area contributed by atoms with Crippen LogP contribution in [-0.2, 0) is 15.7 Å². The number of nitrogens with zero attached hydrogens (tertiary/aromatic N) is 1. The molecule has 13 heteroatoms. The van der Waals surface area contributed by atoms with Crippen molar-refractivity contribution in [3.05, 3.63) is 67.4 Å². The Morgan fingerprint density at radius 1 is 1.31 bits per heavy atom. The number of hydrogen-bond donors (Lipinski definition) is 2. The summed E-state index contributed by atoms with van der Waals surface area (Å²) in [5, 5.41) is -0.908. The van der Waals surface area contributed by atoms with Gasteiger partial charge in [-0.2, -0.15) is 13.2 Å². The molecule has 0 fully saturated rings. The third kappa shape index (κ3) is 5.41. The molecule has 0 amide bonds. The minimum absolute atomic E-state index is 0.0245. The molecular weight excluding hydrogens is 444 g/mol. The quantitative estimate of drug-likeness (QED) is 0.303. The van der Waals surface area contributed by atoms with Crippen LogP contribution >= 0.6 is 24.2 Å². The van der Waals surface area contributed by atoms with Gasteiger partial charge in [0.2, 0.25) is 5.12 Å². The second-order valence-corrected chi connectivity index (χ2v) is 6.18. The number of benzene rings is 1. The Morgan fingerprint density at radius 2 is 1.97 bits per heavy atom. The number of ether oxygens (including phenoxy) is 2. The number of halogens is 5. The van der Waals surface area contributed by atoms with Crippen LogP contribution in [0.3, 0.4) is 0 Å². The van der Waals surface area contributed by atoms with Crippen molar-refractivity contribution in [2.45, 2.75) is 6.18 Å². The molecule has 0 atom stereocenters. The monoisotopic (exact) mass is 454 g/mol. The molecule has 0 aliphatic carbocycles. The van der Waals surface area contributed by atoms with Crippen LogP contribution in [0.5, 0.6) is 5.75 Å². The first-order chi connectivity index (χ1) is 13.4. The topological polar surface area (TPSA) is 90.4 Å². The van der Waals surface area contributed by atoms with E-state index in [9.17, 15) is 31.9 Å². The Kier molecular flexibility index (Phi) is 6.80. The van der Waals surface area contributed by atoms with Gasteiger partial charge in [-0.3, -0.25) is 9.59 Å². The number of alkyl halides is 3. The van der Waals surface area contributed by atoms with Gasteiger partial charge in [0.15, 0.2) is 0 Å². The highest BCUT2D eigenvalue weighted by molar-refractivity contribution is 7.97. The predicted octanol–water partition coefficient (Wildman–Crippen LogP) is 2.70. The number of methoxy groups -OCH3 is 1. The zero-order chi connectivity index (χ0) is 21.9. The van der Waals surface area contributed by atoms with E-state index in [0.29, 0.717) is 6.07 Å². The van der Waals surface area contributed by atoms with Crippen LogP contribution < -0.4 is 16.0 Å². The number of rotatable bonds is 6. The van der Waals surface area contributed by atoms with Crippen LogP contribution in [0.25, 0.3) is 5.69 Å². The first-order valence-corrected chi connectivity index (χ1v) is 8.30. The number of hydrogen-bond acceptors (Lipinski definition) is 5. The van der Waals surface area contributed by atoms with Gasteiger partial charge >= 0.3 is 11.9 Å². The van der Waals surface area contributed by atoms with E-state index >= 15 is 0 Å². The van der Waals surface area contributed by atoms with Gasteiger partial charge in [-0.25, -0.2) is 13.8 Å². The molecule has 1 aromatic carbocycles. The number of H-pyrrole nitrogens is 1. The van der Waals surface area contributed by atoms with E-state index in [-0.39, 0.29) is 33.8 Å². The number of carbonyl (C=O) groups excluding carboxylic acids is 1. The van der Waals surface area contributed by atoms with E-state index < -0.39 is 39.7 Å². The van der Waals surface area contributed by atoms with Gasteiger partial charge < -0.3 is 14.5 Å². The molecule has 1 N–H and O–H groups in total. The molecule has 0 saturated heterocycles. The molecule has 2 aromatic rings. The highest BCUT2D eigenvalue weighted by Crippen LogP contribution is 2.30. The van der Waals surface area contributed by atoms with Gasteiger partial charge in [-0.05, 0) is 6.07 Å². The molecule has 0 saturated carbocycles. The predicted molar refractivity (Wildman–Crippen MR) is 97.2 cm³/mol. The maximum atomic E-state index is 14.3. The molecule has 156 valence electrons. The molecule has 29 heavy (non-hydrogen) atoms. The summed E-state index contributed by atoms with van der Waals surface area (Å²) in [6.45, 7) is -0.355. The molecule has 0 unspecified atom stereocenters. The highest BCUT2D eigenvalue weighted by Gasteiger charge is 2.33. The van der Waals surface area contributed by atoms with Crippen LogP contribution in [0.2, 0.25) is 5.02 Å². The first-order valence-electron chi connectivity index (χ1n) is 7.47. The summed E-state index contributed by atoms with van der Waals surface area (Å²) in [5.74, 6) is -1.37. The van der Waals surface area contributed by atoms with E-state index in [4.69, 9.17) is 21.1 Å². The molecule has 7 nitrogen and oxygen atoms in total. The molecule has 0 spiro atoms. The van der Waals surface area contributed by atoms with Gasteiger partial charge in [0.1, 0.15) is 29.6 Å². The molecule has 2 rings (SSSR count). The van der Waals surface area contributed by atoms with Crippen molar-refractivity contribution in [3.8, 4) is 11.4 Å². The van der Waals surface area contributed by atoms with Crippen molar-refractivity contribution < 1.29 is 31.8 Å². The van der Waals surface area contributed by atoms with Crippen molar-refractivity contribution in [1.29, 1.82) is 0 Å². The molecule has 0 aliphatic heterocycles. The van der Waals surface area contributed by atoms with Crippen molar-refractivity contribution in [3.63, 3.8) is 0 Å². The third-order valence-corrected chi connectivity index (χ3v) is 3.82. The average molecular weight is 455 g/mol. The van der Waals surface area contributed by atoms with Gasteiger partial charge in [-0.1, -0.05) is 11.6 Å². The number of carbonyl (C=O) groups is 1. The smallest absolute Gasteiger partial charge is 0.431 e. The fourth-order valence-corrected chi connectivity index (χ4v) is 2.47. The van der Waals surface area contributed by atoms with Gasteiger partial charge in [0.05, 0.1) is 17.8 Å². The van der Waals surface area contributed by atoms with Crippen molar-refractivity contribution >= 4 is 29.3 Å². The average Bonchev–Trinajstić information content (AvgIpc) is 2.59. The Bertz CT molecular complexity index is 1060. The summed E-state index contributed by atoms with van der Waals surface area (Å²) in [6, 6.07) is 1.66. The van der Waals surface area contributed by atoms with Crippen LogP contribution in [0.15, 0.2) is 39.6 Å². The number of thiol groups is 1. The van der Waals surface area contributed by atoms with Crippen LogP contribution in [0.1, 0.15) is 5.69 Å². The first kappa shape index (κ1) is 22.6. The summed E-state index contributed by atoms with van der Waals surface area (Å²) >= 11 is 9.39. The zero-order valence-corrected chi connectivity index (χ0v) is 16.0. The highest BCUT2D eigenvalue weighted by atomic mass is 35.5. The molecule has 0 radical (unpaired) electrons. The lowest BCUT2D eigenvalue weighted by molar-refractivity contribution is -0.141. The Hall–Kier alpha value is -2.73. The summed E-state index contributed by atoms with van der Waals surface area (Å²) < 4.78 is 62.7. The zero-order valence-electron chi connectivity index (χ0n) is 14.3.